The van der Waals surface area contributed by atoms with Crippen molar-refractivity contribution < 1.29 is 33.0 Å². The van der Waals surface area contributed by atoms with E-state index in [0.717, 1.165) is 16.6 Å². The summed E-state index contributed by atoms with van der Waals surface area (Å²) in [6, 6.07) is 14.2. The Morgan fingerprint density at radius 2 is 1.51 bits per heavy atom. The molecular weight excluding hydrogens is 477 g/mol. The summed E-state index contributed by atoms with van der Waals surface area (Å²) in [5, 5.41) is 0.695. The molecule has 1 aliphatic carbocycles. The first-order chi connectivity index (χ1) is 17.9. The van der Waals surface area contributed by atoms with Crippen molar-refractivity contribution in [2.24, 2.45) is 5.41 Å². The van der Waals surface area contributed by atoms with Crippen molar-refractivity contribution in [1.82, 2.24) is 4.57 Å². The minimum atomic E-state index is -2.35. The number of aromatic nitrogens is 1. The lowest BCUT2D eigenvalue weighted by atomic mass is 9.67. The van der Waals surface area contributed by atoms with E-state index in [1.54, 1.807) is 26.8 Å². The molecule has 1 aromatic heterocycles. The molecule has 37 heavy (non-hydrogen) atoms. The van der Waals surface area contributed by atoms with E-state index >= 15 is 0 Å². The van der Waals surface area contributed by atoms with Crippen molar-refractivity contribution in [3.63, 3.8) is 0 Å². The number of hydrogen-bond acceptors (Lipinski definition) is 6. The van der Waals surface area contributed by atoms with E-state index in [1.165, 1.54) is 12.1 Å². The van der Waals surface area contributed by atoms with Gasteiger partial charge < -0.3 is 18.8 Å². The molecule has 4 rings (SSSR count). The summed E-state index contributed by atoms with van der Waals surface area (Å²) in [7, 11) is 0. The van der Waals surface area contributed by atoms with Crippen LogP contribution in [-0.2, 0) is 41.6 Å². The SMILES string of the molecule is CCOC(=O)C(C(=O)OCC)(C(=O)OCC)[C@@H]1CCCc2c1n(Cc1ccccc1)c1ccc(F)cc21. The van der Waals surface area contributed by atoms with Gasteiger partial charge in [0.2, 0.25) is 0 Å². The van der Waals surface area contributed by atoms with Gasteiger partial charge in [0.15, 0.2) is 0 Å². The molecule has 196 valence electrons. The average Bonchev–Trinajstić information content (AvgIpc) is 3.19. The third-order valence-electron chi connectivity index (χ3n) is 6.92. The molecule has 0 spiro atoms. The van der Waals surface area contributed by atoms with Crippen LogP contribution in [0.1, 0.15) is 56.4 Å². The monoisotopic (exact) mass is 509 g/mol. The minimum Gasteiger partial charge on any atom is -0.465 e. The van der Waals surface area contributed by atoms with E-state index in [2.05, 4.69) is 0 Å². The van der Waals surface area contributed by atoms with Crippen LogP contribution in [0.4, 0.5) is 4.39 Å². The van der Waals surface area contributed by atoms with Crippen molar-refractivity contribution in [1.29, 1.82) is 0 Å². The molecule has 0 unspecified atom stereocenters. The van der Waals surface area contributed by atoms with Gasteiger partial charge in [-0.25, -0.2) is 4.39 Å². The highest BCUT2D eigenvalue weighted by atomic mass is 19.1. The molecule has 2 aromatic carbocycles. The molecule has 1 heterocycles. The Bertz CT molecular complexity index is 1250. The van der Waals surface area contributed by atoms with Gasteiger partial charge in [-0.1, -0.05) is 30.3 Å². The van der Waals surface area contributed by atoms with Crippen LogP contribution in [0, 0.1) is 11.2 Å². The third-order valence-corrected chi connectivity index (χ3v) is 6.92. The van der Waals surface area contributed by atoms with Crippen LogP contribution >= 0.6 is 0 Å². The van der Waals surface area contributed by atoms with Gasteiger partial charge in [0.05, 0.1) is 19.8 Å². The maximum absolute atomic E-state index is 14.4. The number of hydrogen-bond donors (Lipinski definition) is 0. The Kier molecular flexibility index (Phi) is 7.95. The molecule has 0 saturated carbocycles. The molecule has 0 amide bonds. The van der Waals surface area contributed by atoms with Gasteiger partial charge >= 0.3 is 17.9 Å². The van der Waals surface area contributed by atoms with Gasteiger partial charge in [0.1, 0.15) is 5.82 Å². The fourth-order valence-electron chi connectivity index (χ4n) is 5.47. The number of fused-ring (bicyclic) bond motifs is 3. The molecule has 0 fully saturated rings. The van der Waals surface area contributed by atoms with Gasteiger partial charge in [-0.15, -0.1) is 0 Å². The Morgan fingerprint density at radius 3 is 2.08 bits per heavy atom. The summed E-state index contributed by atoms with van der Waals surface area (Å²) in [6.45, 7) is 5.15. The summed E-state index contributed by atoms with van der Waals surface area (Å²) >= 11 is 0. The van der Waals surface area contributed by atoms with Gasteiger partial charge in [-0.2, -0.15) is 0 Å². The predicted molar refractivity (Wildman–Crippen MR) is 135 cm³/mol. The molecule has 0 radical (unpaired) electrons. The quantitative estimate of drug-likeness (QED) is 0.231. The summed E-state index contributed by atoms with van der Waals surface area (Å²) in [6.07, 6.45) is 1.54. The zero-order valence-electron chi connectivity index (χ0n) is 21.4. The third kappa shape index (κ3) is 4.61. The Morgan fingerprint density at radius 1 is 0.919 bits per heavy atom. The van der Waals surface area contributed by atoms with Crippen LogP contribution in [0.2, 0.25) is 0 Å². The van der Waals surface area contributed by atoms with Crippen LogP contribution in [0.15, 0.2) is 48.5 Å². The molecule has 7 nitrogen and oxygen atoms in total. The van der Waals surface area contributed by atoms with Gasteiger partial charge in [0.25, 0.3) is 5.41 Å². The Labute approximate surface area is 215 Å². The second-order valence-electron chi connectivity index (χ2n) is 9.01. The second-order valence-corrected chi connectivity index (χ2v) is 9.01. The first-order valence-electron chi connectivity index (χ1n) is 12.8. The number of halogens is 1. The van der Waals surface area contributed by atoms with E-state index in [9.17, 15) is 18.8 Å². The predicted octanol–water partition coefficient (Wildman–Crippen LogP) is 4.92. The standard InChI is InChI=1S/C29H32FNO6/c1-4-35-26(32)29(27(33)36-5-2,28(34)37-6-3)23-14-10-13-21-22-17-20(30)15-16-24(22)31(25(21)23)18-19-11-8-7-9-12-19/h7-9,11-12,15-17,23H,4-6,10,13-14,18H2,1-3H3/t23-/m1/s1. The Balaban J connectivity index is 2.04. The number of rotatable bonds is 9. The van der Waals surface area contributed by atoms with Crippen LogP contribution < -0.4 is 0 Å². The van der Waals surface area contributed by atoms with Crippen LogP contribution in [-0.4, -0.2) is 42.3 Å². The highest BCUT2D eigenvalue weighted by Gasteiger charge is 2.64. The Hall–Kier alpha value is -3.68. The lowest BCUT2D eigenvalue weighted by molar-refractivity contribution is -0.186. The van der Waals surface area contributed by atoms with E-state index < -0.39 is 29.2 Å². The summed E-state index contributed by atoms with van der Waals surface area (Å²) < 4.78 is 32.5. The normalized spacial score (nSPS) is 15.2. The molecule has 0 aliphatic heterocycles. The van der Waals surface area contributed by atoms with Crippen molar-refractivity contribution in [3.8, 4) is 0 Å². The molecular formula is C29H32FNO6. The van der Waals surface area contributed by atoms with Gasteiger partial charge in [0, 0.05) is 29.1 Å². The molecule has 1 aliphatic rings. The molecule has 3 aromatic rings. The van der Waals surface area contributed by atoms with E-state index in [4.69, 9.17) is 14.2 Å². The summed E-state index contributed by atoms with van der Waals surface area (Å²) in [4.78, 5) is 41.0. The van der Waals surface area contributed by atoms with Gasteiger partial charge in [-0.3, -0.25) is 14.4 Å². The van der Waals surface area contributed by atoms with E-state index in [1.807, 2.05) is 34.9 Å². The zero-order valence-corrected chi connectivity index (χ0v) is 21.4. The molecule has 0 saturated heterocycles. The van der Waals surface area contributed by atoms with E-state index in [-0.39, 0.29) is 25.6 Å². The molecule has 8 heteroatoms. The smallest absolute Gasteiger partial charge is 0.335 e. The lowest BCUT2D eigenvalue weighted by Gasteiger charge is -2.37. The first kappa shape index (κ1) is 26.4. The topological polar surface area (TPSA) is 83.8 Å². The summed E-state index contributed by atoms with van der Waals surface area (Å²) in [5.74, 6) is -4.29. The summed E-state index contributed by atoms with van der Waals surface area (Å²) in [5.41, 5.74) is 0.824. The van der Waals surface area contributed by atoms with Crippen LogP contribution in [0.5, 0.6) is 0 Å². The molecule has 1 atom stereocenters. The van der Waals surface area contributed by atoms with Crippen molar-refractivity contribution >= 4 is 28.8 Å². The number of esters is 3. The first-order valence-corrected chi connectivity index (χ1v) is 12.8. The largest absolute Gasteiger partial charge is 0.465 e. The maximum Gasteiger partial charge on any atom is 0.335 e. The fourth-order valence-corrected chi connectivity index (χ4v) is 5.47. The fraction of sp³-hybridized carbons (Fsp3) is 0.414. The maximum atomic E-state index is 14.4. The van der Waals surface area contributed by atoms with Crippen LogP contribution in [0.25, 0.3) is 10.9 Å². The number of carbonyl (C=O) groups excluding carboxylic acids is 3. The number of carbonyl (C=O) groups is 3. The van der Waals surface area contributed by atoms with Gasteiger partial charge in [-0.05, 0) is 69.4 Å². The number of nitrogens with zero attached hydrogens (tertiary/aromatic N) is 1. The number of ether oxygens (including phenoxy) is 3. The van der Waals surface area contributed by atoms with E-state index in [0.29, 0.717) is 36.9 Å². The van der Waals surface area contributed by atoms with Crippen molar-refractivity contribution in [2.45, 2.75) is 52.5 Å². The minimum absolute atomic E-state index is 0.0306. The van der Waals surface area contributed by atoms with Crippen LogP contribution in [0.3, 0.4) is 0 Å². The second kappa shape index (κ2) is 11.2. The number of benzene rings is 2. The molecule has 0 N–H and O–H groups in total. The van der Waals surface area contributed by atoms with Crippen molar-refractivity contribution in [2.75, 3.05) is 19.8 Å². The lowest BCUT2D eigenvalue weighted by Crippen LogP contribution is -2.54. The zero-order chi connectivity index (χ0) is 26.6. The highest BCUT2D eigenvalue weighted by Crippen LogP contribution is 2.50. The van der Waals surface area contributed by atoms with Crippen molar-refractivity contribution in [3.05, 3.63) is 71.2 Å². The average molecular weight is 510 g/mol. The molecule has 0 bridgehead atoms. The number of aryl methyl sites for hydroxylation is 1. The highest BCUT2D eigenvalue weighted by molar-refractivity contribution is 6.19.